The highest BCUT2D eigenvalue weighted by Gasteiger charge is 2.19. The van der Waals surface area contributed by atoms with Crippen LogP contribution >= 0.6 is 24.2 Å². The van der Waals surface area contributed by atoms with E-state index in [0.29, 0.717) is 12.6 Å². The molecule has 0 spiro atoms. The van der Waals surface area contributed by atoms with Gasteiger partial charge in [-0.15, -0.1) is 22.6 Å². The van der Waals surface area contributed by atoms with Crippen LogP contribution in [0.25, 0.3) is 5.69 Å². The lowest BCUT2D eigenvalue weighted by molar-refractivity contribution is 0.129. The van der Waals surface area contributed by atoms with Gasteiger partial charge in [-0.2, -0.15) is 0 Å². The second-order valence-corrected chi connectivity index (χ2v) is 6.07. The van der Waals surface area contributed by atoms with Crippen LogP contribution in [0.15, 0.2) is 29.4 Å². The maximum atomic E-state index is 5.79. The molecule has 1 saturated heterocycles. The van der Waals surface area contributed by atoms with Crippen LogP contribution in [0.4, 0.5) is 0 Å². The van der Waals surface area contributed by atoms with Gasteiger partial charge in [0.25, 0.3) is 0 Å². The summed E-state index contributed by atoms with van der Waals surface area (Å²) in [6.07, 6.45) is 2.57. The van der Waals surface area contributed by atoms with Gasteiger partial charge in [-0.1, -0.05) is 11.8 Å². The van der Waals surface area contributed by atoms with Crippen molar-refractivity contribution in [1.82, 2.24) is 14.8 Å². The van der Waals surface area contributed by atoms with Crippen LogP contribution in [-0.4, -0.2) is 40.3 Å². The molecule has 23 heavy (non-hydrogen) atoms. The molecule has 2 N–H and O–H groups in total. The third-order valence-corrected chi connectivity index (χ3v) is 4.70. The van der Waals surface area contributed by atoms with Crippen molar-refractivity contribution in [3.63, 3.8) is 0 Å². The molecule has 126 valence electrons. The van der Waals surface area contributed by atoms with Crippen LogP contribution in [0.2, 0.25) is 0 Å². The third kappa shape index (κ3) is 4.17. The lowest BCUT2D eigenvalue weighted by Gasteiger charge is -2.12. The van der Waals surface area contributed by atoms with Gasteiger partial charge in [-0.05, 0) is 37.1 Å². The lowest BCUT2D eigenvalue weighted by atomic mass is 10.3. The van der Waals surface area contributed by atoms with E-state index < -0.39 is 0 Å². The Balaban J connectivity index is 0.00000192. The van der Waals surface area contributed by atoms with Gasteiger partial charge in [-0.3, -0.25) is 4.57 Å². The fraction of sp³-hybridized carbons (Fsp3) is 0.467. The van der Waals surface area contributed by atoms with E-state index in [1.807, 2.05) is 28.8 Å². The molecular weight excluding hydrogens is 336 g/mol. The Morgan fingerprint density at radius 2 is 2.13 bits per heavy atom. The van der Waals surface area contributed by atoms with Gasteiger partial charge < -0.3 is 15.2 Å². The highest BCUT2D eigenvalue weighted by molar-refractivity contribution is 7.99. The van der Waals surface area contributed by atoms with Gasteiger partial charge in [0.1, 0.15) is 5.75 Å². The molecule has 2 heterocycles. The average Bonchev–Trinajstić information content (AvgIpc) is 3.22. The van der Waals surface area contributed by atoms with Gasteiger partial charge >= 0.3 is 0 Å². The van der Waals surface area contributed by atoms with E-state index in [9.17, 15) is 0 Å². The number of ether oxygens (including phenoxy) is 2. The molecule has 0 amide bonds. The number of hydrogen-bond acceptors (Lipinski definition) is 6. The molecule has 2 aromatic rings. The van der Waals surface area contributed by atoms with Crippen LogP contribution in [0, 0.1) is 0 Å². The van der Waals surface area contributed by atoms with Crippen molar-refractivity contribution in [2.24, 2.45) is 5.73 Å². The third-order valence-electron chi connectivity index (χ3n) is 3.64. The summed E-state index contributed by atoms with van der Waals surface area (Å²) in [5.41, 5.74) is 6.78. The van der Waals surface area contributed by atoms with Crippen molar-refractivity contribution >= 4 is 24.2 Å². The molecule has 1 aliphatic rings. The first-order valence-corrected chi connectivity index (χ1v) is 8.33. The summed E-state index contributed by atoms with van der Waals surface area (Å²) < 4.78 is 12.9. The van der Waals surface area contributed by atoms with Crippen molar-refractivity contribution in [3.8, 4) is 11.4 Å². The van der Waals surface area contributed by atoms with Crippen LogP contribution < -0.4 is 10.5 Å². The quantitative estimate of drug-likeness (QED) is 0.801. The smallest absolute Gasteiger partial charge is 0.195 e. The fourth-order valence-corrected chi connectivity index (χ4v) is 3.50. The topological polar surface area (TPSA) is 75.2 Å². The molecule has 1 aromatic heterocycles. The molecule has 1 fully saturated rings. The second-order valence-electron chi connectivity index (χ2n) is 5.08. The number of benzene rings is 1. The number of aromatic nitrogens is 3. The van der Waals surface area contributed by atoms with Crippen LogP contribution in [-0.2, 0) is 11.3 Å². The SMILES string of the molecule is COc1ccc(-n2c(CN)nnc2SCC2CCCO2)cc1.Cl. The van der Waals surface area contributed by atoms with E-state index in [0.717, 1.165) is 47.6 Å². The monoisotopic (exact) mass is 356 g/mol. The zero-order valence-electron chi connectivity index (χ0n) is 13.0. The summed E-state index contributed by atoms with van der Waals surface area (Å²) in [6, 6.07) is 7.81. The largest absolute Gasteiger partial charge is 0.497 e. The Kier molecular flexibility index (Phi) is 6.71. The molecular formula is C15H21ClN4O2S. The number of rotatable bonds is 6. The summed E-state index contributed by atoms with van der Waals surface area (Å²) >= 11 is 1.66. The fourth-order valence-electron chi connectivity index (χ4n) is 2.46. The molecule has 8 heteroatoms. The molecule has 1 aromatic carbocycles. The van der Waals surface area contributed by atoms with Crippen LogP contribution in [0.1, 0.15) is 18.7 Å². The van der Waals surface area contributed by atoms with E-state index >= 15 is 0 Å². The first-order chi connectivity index (χ1) is 10.8. The minimum absolute atomic E-state index is 0. The maximum Gasteiger partial charge on any atom is 0.195 e. The molecule has 6 nitrogen and oxygen atoms in total. The maximum absolute atomic E-state index is 5.79. The number of halogens is 1. The van der Waals surface area contributed by atoms with Crippen molar-refractivity contribution in [2.75, 3.05) is 19.5 Å². The first kappa shape index (κ1) is 18.1. The van der Waals surface area contributed by atoms with Crippen LogP contribution in [0.3, 0.4) is 0 Å². The molecule has 1 atom stereocenters. The Morgan fingerprint density at radius 1 is 1.35 bits per heavy atom. The number of nitrogens with zero attached hydrogens (tertiary/aromatic N) is 3. The summed E-state index contributed by atoms with van der Waals surface area (Å²) in [4.78, 5) is 0. The Bertz CT molecular complexity index is 614. The number of methoxy groups -OCH3 is 1. The summed E-state index contributed by atoms with van der Waals surface area (Å²) in [5, 5.41) is 9.32. The Morgan fingerprint density at radius 3 is 2.74 bits per heavy atom. The number of nitrogens with two attached hydrogens (primary N) is 1. The number of thioether (sulfide) groups is 1. The van der Waals surface area contributed by atoms with Gasteiger partial charge in [0.15, 0.2) is 11.0 Å². The molecule has 0 bridgehead atoms. The van der Waals surface area contributed by atoms with Gasteiger partial charge in [-0.25, -0.2) is 0 Å². The number of hydrogen-bond donors (Lipinski definition) is 1. The highest BCUT2D eigenvalue weighted by atomic mass is 35.5. The Labute approximate surface area is 146 Å². The standard InChI is InChI=1S/C15H20N4O2S.ClH/c1-20-12-6-4-11(5-7-12)19-14(9-16)17-18-15(19)22-10-13-3-2-8-21-13;/h4-7,13H,2-3,8-10,16H2,1H3;1H. The first-order valence-electron chi connectivity index (χ1n) is 7.35. The zero-order chi connectivity index (χ0) is 15.4. The normalized spacial score (nSPS) is 17.0. The molecule has 1 aliphatic heterocycles. The van der Waals surface area contributed by atoms with Crippen molar-refractivity contribution in [3.05, 3.63) is 30.1 Å². The van der Waals surface area contributed by atoms with Crippen LogP contribution in [0.5, 0.6) is 5.75 Å². The second kappa shape index (κ2) is 8.54. The van der Waals surface area contributed by atoms with Crippen molar-refractivity contribution in [1.29, 1.82) is 0 Å². The molecule has 0 radical (unpaired) electrons. The molecule has 0 aliphatic carbocycles. The summed E-state index contributed by atoms with van der Waals surface area (Å²) in [7, 11) is 1.65. The van der Waals surface area contributed by atoms with Gasteiger partial charge in [0.05, 0.1) is 19.8 Å². The van der Waals surface area contributed by atoms with E-state index in [-0.39, 0.29) is 12.4 Å². The molecule has 0 saturated carbocycles. The van der Waals surface area contributed by atoms with Gasteiger partial charge in [0, 0.05) is 18.0 Å². The van der Waals surface area contributed by atoms with E-state index in [4.69, 9.17) is 15.2 Å². The average molecular weight is 357 g/mol. The van der Waals surface area contributed by atoms with E-state index in [1.54, 1.807) is 18.9 Å². The highest BCUT2D eigenvalue weighted by Crippen LogP contribution is 2.26. The summed E-state index contributed by atoms with van der Waals surface area (Å²) in [5.74, 6) is 2.46. The molecule has 3 rings (SSSR count). The predicted octanol–water partition coefficient (Wildman–Crippen LogP) is 2.43. The minimum atomic E-state index is 0. The lowest BCUT2D eigenvalue weighted by Crippen LogP contribution is -2.10. The minimum Gasteiger partial charge on any atom is -0.497 e. The predicted molar refractivity (Wildman–Crippen MR) is 92.7 cm³/mol. The van der Waals surface area contributed by atoms with E-state index in [2.05, 4.69) is 10.2 Å². The van der Waals surface area contributed by atoms with Crippen molar-refractivity contribution < 1.29 is 9.47 Å². The molecule has 1 unspecified atom stereocenters. The van der Waals surface area contributed by atoms with Gasteiger partial charge in [0.2, 0.25) is 0 Å². The van der Waals surface area contributed by atoms with E-state index in [1.165, 1.54) is 0 Å². The Hall–Kier alpha value is -1.28. The zero-order valence-corrected chi connectivity index (χ0v) is 14.6. The van der Waals surface area contributed by atoms with Crippen molar-refractivity contribution in [2.45, 2.75) is 30.6 Å². The summed E-state index contributed by atoms with van der Waals surface area (Å²) in [6.45, 7) is 1.21.